The molecule has 0 saturated carbocycles. The number of anilines is 2. The molecule has 6 nitrogen and oxygen atoms in total. The quantitative estimate of drug-likeness (QED) is 0.534. The highest BCUT2D eigenvalue weighted by Gasteiger charge is 2.33. The smallest absolute Gasteiger partial charge is 0.265 e. The summed E-state index contributed by atoms with van der Waals surface area (Å²) >= 11 is 2.07. The van der Waals surface area contributed by atoms with Crippen LogP contribution < -0.4 is 14.5 Å². The number of ether oxygens (including phenoxy) is 1. The summed E-state index contributed by atoms with van der Waals surface area (Å²) in [6.07, 6.45) is 4.30. The zero-order valence-electron chi connectivity index (χ0n) is 13.4. The van der Waals surface area contributed by atoms with Gasteiger partial charge in [-0.2, -0.15) is 0 Å². The number of halogens is 1. The molecule has 0 saturated heterocycles. The van der Waals surface area contributed by atoms with Crippen molar-refractivity contribution in [3.8, 4) is 5.75 Å². The van der Waals surface area contributed by atoms with Gasteiger partial charge in [-0.1, -0.05) is 13.3 Å². The van der Waals surface area contributed by atoms with Gasteiger partial charge in [-0.3, -0.25) is 14.4 Å². The third-order valence-electron chi connectivity index (χ3n) is 4.11. The number of hydrogen-bond acceptors (Lipinski definition) is 4. The molecule has 3 rings (SSSR count). The highest BCUT2D eigenvalue weighted by atomic mass is 127. The maximum absolute atomic E-state index is 12.4. The molecule has 24 heavy (non-hydrogen) atoms. The number of fused-ring (bicyclic) bond motifs is 1. The fraction of sp³-hybridized carbons (Fsp3) is 0.353. The Balaban J connectivity index is 2.08. The van der Waals surface area contributed by atoms with Crippen molar-refractivity contribution >= 4 is 51.7 Å². The monoisotopic (exact) mass is 440 g/mol. The summed E-state index contributed by atoms with van der Waals surface area (Å²) in [6, 6.07) is 3.48. The Morgan fingerprint density at radius 3 is 2.46 bits per heavy atom. The van der Waals surface area contributed by atoms with Crippen LogP contribution in [0.25, 0.3) is 0 Å². The molecule has 1 unspecified atom stereocenters. The van der Waals surface area contributed by atoms with Crippen LogP contribution in [0.5, 0.6) is 5.75 Å². The van der Waals surface area contributed by atoms with Crippen LogP contribution in [0, 0.1) is 3.57 Å². The fourth-order valence-electron chi connectivity index (χ4n) is 3.02. The molecular weight excluding hydrogens is 423 g/mol. The molecule has 1 aromatic carbocycles. The number of rotatable bonds is 4. The van der Waals surface area contributed by atoms with Crippen LogP contribution in [0.4, 0.5) is 11.4 Å². The number of imide groups is 1. The van der Waals surface area contributed by atoms with E-state index in [-0.39, 0.29) is 30.4 Å². The van der Waals surface area contributed by atoms with Crippen LogP contribution in [0.3, 0.4) is 0 Å². The number of hydrogen-bond donors (Lipinski definition) is 0. The first-order valence-corrected chi connectivity index (χ1v) is 8.86. The predicted octanol–water partition coefficient (Wildman–Crippen LogP) is 2.63. The van der Waals surface area contributed by atoms with Gasteiger partial charge in [0.25, 0.3) is 17.7 Å². The molecule has 1 atom stereocenters. The number of carbonyl (C=O) groups excluding carboxylic acids is 3. The lowest BCUT2D eigenvalue weighted by atomic mass is 10.1. The molecular formula is C17H17IN2O4. The molecule has 0 fully saturated rings. The lowest BCUT2D eigenvalue weighted by Crippen LogP contribution is -2.44. The Bertz CT molecular complexity index is 741. The van der Waals surface area contributed by atoms with E-state index in [1.165, 1.54) is 12.2 Å². The third kappa shape index (κ3) is 2.81. The normalized spacial score (nSPS) is 18.0. The molecule has 2 heterocycles. The van der Waals surface area contributed by atoms with Crippen molar-refractivity contribution in [1.82, 2.24) is 0 Å². The van der Waals surface area contributed by atoms with Crippen LogP contribution >= 0.6 is 22.6 Å². The summed E-state index contributed by atoms with van der Waals surface area (Å²) in [5, 5.41) is 0. The molecule has 0 radical (unpaired) electrons. The van der Waals surface area contributed by atoms with Crippen molar-refractivity contribution in [1.29, 1.82) is 0 Å². The Labute approximate surface area is 153 Å². The van der Waals surface area contributed by atoms with Crippen molar-refractivity contribution in [2.45, 2.75) is 32.7 Å². The summed E-state index contributed by atoms with van der Waals surface area (Å²) in [6.45, 7) is 4.05. The van der Waals surface area contributed by atoms with E-state index >= 15 is 0 Å². The highest BCUT2D eigenvalue weighted by molar-refractivity contribution is 14.1. The third-order valence-corrected chi connectivity index (χ3v) is 4.97. The maximum atomic E-state index is 12.4. The lowest BCUT2D eigenvalue weighted by Gasteiger charge is -2.35. The average Bonchev–Trinajstić information content (AvgIpc) is 2.86. The summed E-state index contributed by atoms with van der Waals surface area (Å²) in [5.41, 5.74) is 1.08. The Morgan fingerprint density at radius 1 is 1.17 bits per heavy atom. The molecule has 2 aliphatic rings. The van der Waals surface area contributed by atoms with Gasteiger partial charge in [0, 0.05) is 21.8 Å². The van der Waals surface area contributed by atoms with Gasteiger partial charge in [-0.05, 0) is 48.1 Å². The first-order valence-electron chi connectivity index (χ1n) is 7.78. The second-order valence-electron chi connectivity index (χ2n) is 5.81. The molecule has 0 aromatic heterocycles. The maximum Gasteiger partial charge on any atom is 0.265 e. The fourth-order valence-corrected chi connectivity index (χ4v) is 3.70. The van der Waals surface area contributed by atoms with Gasteiger partial charge in [-0.25, -0.2) is 4.90 Å². The molecule has 0 bridgehead atoms. The van der Waals surface area contributed by atoms with Crippen molar-refractivity contribution in [3.05, 3.63) is 27.9 Å². The van der Waals surface area contributed by atoms with E-state index in [1.54, 1.807) is 17.0 Å². The summed E-state index contributed by atoms with van der Waals surface area (Å²) in [7, 11) is 0. The second-order valence-corrected chi connectivity index (χ2v) is 6.97. The number of carbonyl (C=O) groups is 3. The van der Waals surface area contributed by atoms with Gasteiger partial charge in [0.05, 0.1) is 11.4 Å². The first kappa shape index (κ1) is 16.9. The summed E-state index contributed by atoms with van der Waals surface area (Å²) in [4.78, 5) is 39.2. The van der Waals surface area contributed by atoms with Crippen molar-refractivity contribution in [3.63, 3.8) is 0 Å². The molecule has 7 heteroatoms. The average molecular weight is 440 g/mol. The van der Waals surface area contributed by atoms with Gasteiger partial charge in [0.15, 0.2) is 6.61 Å². The van der Waals surface area contributed by atoms with E-state index in [4.69, 9.17) is 4.74 Å². The van der Waals surface area contributed by atoms with Crippen LogP contribution in [0.1, 0.15) is 26.7 Å². The van der Waals surface area contributed by atoms with Crippen molar-refractivity contribution in [2.75, 3.05) is 16.4 Å². The van der Waals surface area contributed by atoms with E-state index < -0.39 is 0 Å². The van der Waals surface area contributed by atoms with E-state index in [0.29, 0.717) is 20.7 Å². The first-order chi connectivity index (χ1) is 11.4. The van der Waals surface area contributed by atoms with E-state index in [9.17, 15) is 14.4 Å². The predicted molar refractivity (Wildman–Crippen MR) is 98.1 cm³/mol. The standard InChI is InChI=1S/C17H17IN2O4/c1-3-4-10(2)19-13-8-12(20-15(21)5-6-16(20)22)11(18)7-14(13)24-9-17(19)23/h5-8,10H,3-4,9H2,1-2H3. The largest absolute Gasteiger partial charge is 0.482 e. The SMILES string of the molecule is CCCC(C)N1C(=O)COc2cc(I)c(N3C(=O)C=CC3=O)cc21. The van der Waals surface area contributed by atoms with Crippen LogP contribution in [0.15, 0.2) is 24.3 Å². The Kier molecular flexibility index (Phi) is 4.62. The minimum atomic E-state index is -0.380. The molecule has 3 amide bonds. The Morgan fingerprint density at radius 2 is 1.83 bits per heavy atom. The van der Waals surface area contributed by atoms with Gasteiger partial charge in [0.1, 0.15) is 5.75 Å². The van der Waals surface area contributed by atoms with Crippen molar-refractivity contribution < 1.29 is 19.1 Å². The Hall–Kier alpha value is -1.90. The number of benzene rings is 1. The minimum Gasteiger partial charge on any atom is -0.482 e. The number of nitrogens with zero attached hydrogens (tertiary/aromatic N) is 2. The van der Waals surface area contributed by atoms with Crippen LogP contribution in [-0.2, 0) is 14.4 Å². The molecule has 0 aliphatic carbocycles. The van der Waals surface area contributed by atoms with Gasteiger partial charge >= 0.3 is 0 Å². The molecule has 2 aliphatic heterocycles. The molecule has 1 aromatic rings. The molecule has 0 spiro atoms. The van der Waals surface area contributed by atoms with E-state index in [1.807, 2.05) is 6.92 Å². The second kappa shape index (κ2) is 6.54. The van der Waals surface area contributed by atoms with Gasteiger partial charge in [0.2, 0.25) is 0 Å². The zero-order chi connectivity index (χ0) is 17.4. The van der Waals surface area contributed by atoms with E-state index in [2.05, 4.69) is 29.5 Å². The number of amides is 3. The van der Waals surface area contributed by atoms with Gasteiger partial charge in [-0.15, -0.1) is 0 Å². The highest BCUT2D eigenvalue weighted by Crippen LogP contribution is 2.40. The van der Waals surface area contributed by atoms with E-state index in [0.717, 1.165) is 17.7 Å². The van der Waals surface area contributed by atoms with Gasteiger partial charge < -0.3 is 9.64 Å². The van der Waals surface area contributed by atoms with Crippen LogP contribution in [-0.4, -0.2) is 30.4 Å². The minimum absolute atomic E-state index is 0.000385. The van der Waals surface area contributed by atoms with Crippen LogP contribution in [0.2, 0.25) is 0 Å². The van der Waals surface area contributed by atoms with Crippen molar-refractivity contribution in [2.24, 2.45) is 0 Å². The summed E-state index contributed by atoms with van der Waals surface area (Å²) < 4.78 is 6.26. The molecule has 0 N–H and O–H groups in total. The zero-order valence-corrected chi connectivity index (χ0v) is 15.6. The lowest BCUT2D eigenvalue weighted by molar-refractivity contribution is -0.122. The topological polar surface area (TPSA) is 66.9 Å². The summed E-state index contributed by atoms with van der Waals surface area (Å²) in [5.74, 6) is -0.284. The molecule has 126 valence electrons.